The van der Waals surface area contributed by atoms with Crippen LogP contribution in [0.3, 0.4) is 0 Å². The molecule has 2 heteroatoms. The Morgan fingerprint density at radius 3 is 2.92 bits per heavy atom. The molecule has 2 aliphatic heterocycles. The van der Waals surface area contributed by atoms with E-state index in [2.05, 4.69) is 18.7 Å². The molecule has 2 nitrogen and oxygen atoms in total. The SMILES string of the molecule is CC(C)C1CCC2COCCCN21. The predicted molar refractivity (Wildman–Crippen MR) is 53.8 cm³/mol. The molecule has 0 aliphatic carbocycles. The molecule has 0 aromatic carbocycles. The lowest BCUT2D eigenvalue weighted by Crippen LogP contribution is -2.40. The van der Waals surface area contributed by atoms with Gasteiger partial charge in [0.25, 0.3) is 0 Å². The average Bonchev–Trinajstić information content (AvgIpc) is 2.36. The first-order valence-electron chi connectivity index (χ1n) is 5.62. The summed E-state index contributed by atoms with van der Waals surface area (Å²) in [6, 6.07) is 1.56. The molecule has 0 N–H and O–H groups in total. The Hall–Kier alpha value is -0.0800. The van der Waals surface area contributed by atoms with Crippen LogP contribution in [0.2, 0.25) is 0 Å². The maximum absolute atomic E-state index is 5.59. The van der Waals surface area contributed by atoms with Crippen molar-refractivity contribution in [1.82, 2.24) is 4.90 Å². The average molecular weight is 183 g/mol. The molecule has 0 saturated carbocycles. The number of fused-ring (bicyclic) bond motifs is 1. The third kappa shape index (κ3) is 1.89. The standard InChI is InChI=1S/C11H21NO/c1-9(2)11-5-4-10-8-13-7-3-6-12(10)11/h9-11H,3-8H2,1-2H3. The Bertz CT molecular complexity index is 169. The minimum atomic E-state index is 0.731. The first kappa shape index (κ1) is 9.47. The molecular weight excluding hydrogens is 162 g/mol. The second-order valence-corrected chi connectivity index (χ2v) is 4.71. The van der Waals surface area contributed by atoms with E-state index in [9.17, 15) is 0 Å². The molecule has 0 amide bonds. The van der Waals surface area contributed by atoms with Gasteiger partial charge in [0, 0.05) is 25.2 Å². The Morgan fingerprint density at radius 1 is 1.31 bits per heavy atom. The van der Waals surface area contributed by atoms with Crippen molar-refractivity contribution in [3.63, 3.8) is 0 Å². The van der Waals surface area contributed by atoms with Crippen LogP contribution in [0.15, 0.2) is 0 Å². The van der Waals surface area contributed by atoms with Gasteiger partial charge < -0.3 is 4.74 Å². The Morgan fingerprint density at radius 2 is 2.15 bits per heavy atom. The molecule has 2 fully saturated rings. The summed E-state index contributed by atoms with van der Waals surface area (Å²) in [5.74, 6) is 0.808. The fourth-order valence-electron chi connectivity index (χ4n) is 2.78. The molecule has 2 atom stereocenters. The van der Waals surface area contributed by atoms with E-state index < -0.39 is 0 Å². The van der Waals surface area contributed by atoms with Crippen molar-refractivity contribution in [2.24, 2.45) is 5.92 Å². The first-order valence-corrected chi connectivity index (χ1v) is 5.62. The van der Waals surface area contributed by atoms with Crippen LogP contribution in [-0.4, -0.2) is 36.7 Å². The van der Waals surface area contributed by atoms with Crippen LogP contribution < -0.4 is 0 Å². The Labute approximate surface area is 81.3 Å². The van der Waals surface area contributed by atoms with Gasteiger partial charge in [-0.3, -0.25) is 4.90 Å². The van der Waals surface area contributed by atoms with E-state index in [0.29, 0.717) is 0 Å². The minimum absolute atomic E-state index is 0.731. The molecule has 0 aromatic heterocycles. The molecule has 2 aliphatic rings. The second kappa shape index (κ2) is 3.97. The van der Waals surface area contributed by atoms with E-state index in [4.69, 9.17) is 4.74 Å². The molecule has 2 rings (SSSR count). The van der Waals surface area contributed by atoms with Crippen molar-refractivity contribution in [2.75, 3.05) is 19.8 Å². The van der Waals surface area contributed by atoms with Crippen LogP contribution in [-0.2, 0) is 4.74 Å². The van der Waals surface area contributed by atoms with Gasteiger partial charge in [0.1, 0.15) is 0 Å². The van der Waals surface area contributed by atoms with Crippen molar-refractivity contribution in [3.05, 3.63) is 0 Å². The van der Waals surface area contributed by atoms with E-state index in [1.165, 1.54) is 25.8 Å². The number of rotatable bonds is 1. The summed E-state index contributed by atoms with van der Waals surface area (Å²) in [6.07, 6.45) is 3.95. The zero-order chi connectivity index (χ0) is 9.26. The Balaban J connectivity index is 2.02. The van der Waals surface area contributed by atoms with Crippen LogP contribution in [0, 0.1) is 5.92 Å². The molecule has 0 radical (unpaired) electrons. The molecule has 0 bridgehead atoms. The topological polar surface area (TPSA) is 12.5 Å². The third-order valence-corrected chi connectivity index (χ3v) is 3.48. The quantitative estimate of drug-likeness (QED) is 0.615. The van der Waals surface area contributed by atoms with Crippen LogP contribution in [0.5, 0.6) is 0 Å². The van der Waals surface area contributed by atoms with Gasteiger partial charge in [-0.1, -0.05) is 13.8 Å². The number of hydrogen-bond donors (Lipinski definition) is 0. The van der Waals surface area contributed by atoms with Crippen LogP contribution >= 0.6 is 0 Å². The lowest BCUT2D eigenvalue weighted by Gasteiger charge is -2.30. The smallest absolute Gasteiger partial charge is 0.0621 e. The summed E-state index contributed by atoms with van der Waals surface area (Å²) in [5.41, 5.74) is 0. The highest BCUT2D eigenvalue weighted by atomic mass is 16.5. The van der Waals surface area contributed by atoms with Crippen LogP contribution in [0.1, 0.15) is 33.1 Å². The fraction of sp³-hybridized carbons (Fsp3) is 1.00. The maximum atomic E-state index is 5.59. The summed E-state index contributed by atoms with van der Waals surface area (Å²) in [4.78, 5) is 2.69. The second-order valence-electron chi connectivity index (χ2n) is 4.71. The zero-order valence-corrected chi connectivity index (χ0v) is 8.83. The van der Waals surface area contributed by atoms with E-state index in [1.54, 1.807) is 0 Å². The molecule has 2 unspecified atom stereocenters. The first-order chi connectivity index (χ1) is 6.29. The molecule has 2 saturated heterocycles. The summed E-state index contributed by atoms with van der Waals surface area (Å²) < 4.78 is 5.59. The highest BCUT2D eigenvalue weighted by Gasteiger charge is 2.35. The third-order valence-electron chi connectivity index (χ3n) is 3.48. The summed E-state index contributed by atoms with van der Waals surface area (Å²) >= 11 is 0. The van der Waals surface area contributed by atoms with Gasteiger partial charge >= 0.3 is 0 Å². The number of nitrogens with zero attached hydrogens (tertiary/aromatic N) is 1. The van der Waals surface area contributed by atoms with E-state index >= 15 is 0 Å². The van der Waals surface area contributed by atoms with Crippen molar-refractivity contribution in [3.8, 4) is 0 Å². The Kier molecular flexibility index (Phi) is 2.89. The molecule has 0 aromatic rings. The highest BCUT2D eigenvalue weighted by Crippen LogP contribution is 2.30. The summed E-state index contributed by atoms with van der Waals surface area (Å²) in [5, 5.41) is 0. The van der Waals surface area contributed by atoms with Crippen molar-refractivity contribution in [1.29, 1.82) is 0 Å². The van der Waals surface area contributed by atoms with Crippen molar-refractivity contribution >= 4 is 0 Å². The lowest BCUT2D eigenvalue weighted by molar-refractivity contribution is 0.101. The minimum Gasteiger partial charge on any atom is -0.380 e. The number of ether oxygens (including phenoxy) is 1. The van der Waals surface area contributed by atoms with Gasteiger partial charge in [-0.15, -0.1) is 0 Å². The number of hydrogen-bond acceptors (Lipinski definition) is 2. The summed E-state index contributed by atoms with van der Waals surface area (Å²) in [6.45, 7) is 7.89. The monoisotopic (exact) mass is 183 g/mol. The van der Waals surface area contributed by atoms with Gasteiger partial charge in [0.15, 0.2) is 0 Å². The van der Waals surface area contributed by atoms with Crippen LogP contribution in [0.25, 0.3) is 0 Å². The zero-order valence-electron chi connectivity index (χ0n) is 8.83. The molecule has 13 heavy (non-hydrogen) atoms. The van der Waals surface area contributed by atoms with E-state index in [0.717, 1.165) is 31.2 Å². The lowest BCUT2D eigenvalue weighted by atomic mass is 10.0. The summed E-state index contributed by atoms with van der Waals surface area (Å²) in [7, 11) is 0. The normalized spacial score (nSPS) is 36.2. The molecule has 2 heterocycles. The van der Waals surface area contributed by atoms with Crippen LogP contribution in [0.4, 0.5) is 0 Å². The van der Waals surface area contributed by atoms with Crippen molar-refractivity contribution < 1.29 is 4.74 Å². The van der Waals surface area contributed by atoms with E-state index in [1.807, 2.05) is 0 Å². The van der Waals surface area contributed by atoms with E-state index in [-0.39, 0.29) is 0 Å². The fourth-order valence-corrected chi connectivity index (χ4v) is 2.78. The molecule has 0 spiro atoms. The molecular formula is C11H21NO. The predicted octanol–water partition coefficient (Wildman–Crippen LogP) is 1.90. The van der Waals surface area contributed by atoms with Gasteiger partial charge in [0.2, 0.25) is 0 Å². The van der Waals surface area contributed by atoms with Crippen molar-refractivity contribution in [2.45, 2.75) is 45.2 Å². The molecule has 76 valence electrons. The highest BCUT2D eigenvalue weighted by molar-refractivity contribution is 4.89. The van der Waals surface area contributed by atoms with Gasteiger partial charge in [-0.05, 0) is 25.2 Å². The van der Waals surface area contributed by atoms with Gasteiger partial charge in [-0.2, -0.15) is 0 Å². The largest absolute Gasteiger partial charge is 0.380 e. The van der Waals surface area contributed by atoms with Gasteiger partial charge in [-0.25, -0.2) is 0 Å². The maximum Gasteiger partial charge on any atom is 0.0621 e. The van der Waals surface area contributed by atoms with Gasteiger partial charge in [0.05, 0.1) is 6.61 Å².